The van der Waals surface area contributed by atoms with E-state index in [1.807, 2.05) is 37.3 Å². The molecule has 0 spiro atoms. The third-order valence-electron chi connectivity index (χ3n) is 3.93. The van der Waals surface area contributed by atoms with Crippen LogP contribution in [0.3, 0.4) is 0 Å². The molecule has 0 radical (unpaired) electrons. The first-order valence-electron chi connectivity index (χ1n) is 9.26. The van der Waals surface area contributed by atoms with Gasteiger partial charge in [0.2, 0.25) is 10.0 Å². The Hall–Kier alpha value is -2.65. The van der Waals surface area contributed by atoms with Gasteiger partial charge in [0.25, 0.3) is 0 Å². The van der Waals surface area contributed by atoms with E-state index in [-0.39, 0.29) is 30.8 Å². The molecule has 9 heteroatoms. The fraction of sp³-hybridized carbons (Fsp3) is 0.350. The summed E-state index contributed by atoms with van der Waals surface area (Å²) in [6.45, 7) is 2.77. The Bertz CT molecular complexity index is 874. The minimum Gasteiger partial charge on any atom is -0.489 e. The summed E-state index contributed by atoms with van der Waals surface area (Å²) >= 11 is 0. The van der Waals surface area contributed by atoms with E-state index in [1.165, 1.54) is 12.1 Å². The molecular formula is C20H27FN4O3S. The van der Waals surface area contributed by atoms with Crippen molar-refractivity contribution in [2.24, 2.45) is 4.99 Å². The Labute approximate surface area is 171 Å². The van der Waals surface area contributed by atoms with E-state index in [9.17, 15) is 12.8 Å². The number of benzene rings is 2. The normalized spacial score (nSPS) is 13.0. The van der Waals surface area contributed by atoms with Crippen molar-refractivity contribution in [1.82, 2.24) is 15.4 Å². The highest BCUT2D eigenvalue weighted by Crippen LogP contribution is 2.12. The van der Waals surface area contributed by atoms with Crippen LogP contribution < -0.4 is 20.1 Å². The number of halogens is 1. The van der Waals surface area contributed by atoms with Gasteiger partial charge < -0.3 is 15.4 Å². The predicted octanol–water partition coefficient (Wildman–Crippen LogP) is 1.88. The van der Waals surface area contributed by atoms with Gasteiger partial charge in [0, 0.05) is 20.1 Å². The van der Waals surface area contributed by atoms with Gasteiger partial charge in [-0.1, -0.05) is 30.3 Å². The molecule has 1 unspecified atom stereocenters. The van der Waals surface area contributed by atoms with Crippen LogP contribution in [-0.2, 0) is 16.6 Å². The van der Waals surface area contributed by atoms with Crippen LogP contribution in [0.2, 0.25) is 0 Å². The summed E-state index contributed by atoms with van der Waals surface area (Å²) in [6.07, 6.45) is -0.199. The van der Waals surface area contributed by atoms with Crippen LogP contribution in [0.5, 0.6) is 5.75 Å². The molecule has 0 fully saturated rings. The lowest BCUT2D eigenvalue weighted by Crippen LogP contribution is -2.44. The van der Waals surface area contributed by atoms with Crippen LogP contribution in [0.4, 0.5) is 4.39 Å². The molecule has 158 valence electrons. The van der Waals surface area contributed by atoms with Crippen LogP contribution in [0.15, 0.2) is 59.6 Å². The van der Waals surface area contributed by atoms with E-state index in [0.717, 1.165) is 5.56 Å². The number of nitrogens with one attached hydrogen (secondary N) is 3. The van der Waals surface area contributed by atoms with Gasteiger partial charge in [-0.25, -0.2) is 17.5 Å². The van der Waals surface area contributed by atoms with Crippen LogP contribution in [0.25, 0.3) is 0 Å². The van der Waals surface area contributed by atoms with Crippen molar-refractivity contribution in [2.45, 2.75) is 19.6 Å². The minimum absolute atomic E-state index is 0.0812. The van der Waals surface area contributed by atoms with Crippen LogP contribution in [-0.4, -0.2) is 46.4 Å². The molecule has 0 amide bonds. The molecule has 2 aromatic carbocycles. The molecule has 0 saturated carbocycles. The second-order valence-electron chi connectivity index (χ2n) is 6.39. The van der Waals surface area contributed by atoms with Crippen molar-refractivity contribution in [3.63, 3.8) is 0 Å². The molecule has 0 aromatic heterocycles. The maximum Gasteiger partial charge on any atom is 0.213 e. The quantitative estimate of drug-likeness (QED) is 0.402. The third kappa shape index (κ3) is 8.93. The number of aliphatic imine (C=N–C) groups is 1. The summed E-state index contributed by atoms with van der Waals surface area (Å²) in [6, 6.07) is 15.1. The van der Waals surface area contributed by atoms with Crippen molar-refractivity contribution in [2.75, 3.05) is 25.9 Å². The molecule has 0 saturated heterocycles. The molecule has 1 atom stereocenters. The number of sulfonamides is 1. The average Bonchev–Trinajstić information content (AvgIpc) is 2.71. The van der Waals surface area contributed by atoms with E-state index in [0.29, 0.717) is 18.3 Å². The standard InChI is InChI=1S/C20H27FN4O3S/c1-16(28-19-10-8-18(21)9-11-19)14-24-20(22-2)23-12-13-29(26,27)25-15-17-6-4-3-5-7-17/h3-11,16,25H,12-15H2,1-2H3,(H2,22,23,24). The summed E-state index contributed by atoms with van der Waals surface area (Å²) in [4.78, 5) is 4.07. The van der Waals surface area contributed by atoms with Gasteiger partial charge in [-0.3, -0.25) is 4.99 Å². The zero-order chi connectivity index (χ0) is 21.1. The van der Waals surface area contributed by atoms with Crippen molar-refractivity contribution in [3.05, 3.63) is 66.0 Å². The summed E-state index contributed by atoms with van der Waals surface area (Å²) in [5, 5.41) is 6.03. The van der Waals surface area contributed by atoms with E-state index in [2.05, 4.69) is 20.3 Å². The largest absolute Gasteiger partial charge is 0.489 e. The van der Waals surface area contributed by atoms with Crippen LogP contribution in [0, 0.1) is 5.82 Å². The lowest BCUT2D eigenvalue weighted by molar-refractivity contribution is 0.223. The summed E-state index contributed by atoms with van der Waals surface area (Å²) in [5.74, 6) is 0.639. The average molecular weight is 423 g/mol. The lowest BCUT2D eigenvalue weighted by atomic mass is 10.2. The molecule has 2 rings (SSSR count). The van der Waals surface area contributed by atoms with Crippen molar-refractivity contribution in [1.29, 1.82) is 0 Å². The Kier molecular flexibility index (Phi) is 8.88. The Balaban J connectivity index is 1.69. The fourth-order valence-electron chi connectivity index (χ4n) is 2.41. The zero-order valence-corrected chi connectivity index (χ0v) is 17.4. The van der Waals surface area contributed by atoms with Crippen molar-refractivity contribution < 1.29 is 17.5 Å². The first kappa shape index (κ1) is 22.6. The molecule has 0 heterocycles. The lowest BCUT2D eigenvalue weighted by Gasteiger charge is -2.18. The predicted molar refractivity (Wildman–Crippen MR) is 113 cm³/mol. The van der Waals surface area contributed by atoms with Crippen molar-refractivity contribution in [3.8, 4) is 5.75 Å². The maximum atomic E-state index is 12.9. The first-order valence-corrected chi connectivity index (χ1v) is 10.9. The van der Waals surface area contributed by atoms with E-state index < -0.39 is 10.0 Å². The fourth-order valence-corrected chi connectivity index (χ4v) is 3.31. The third-order valence-corrected chi connectivity index (χ3v) is 5.26. The smallest absolute Gasteiger partial charge is 0.213 e. The number of nitrogens with zero attached hydrogens (tertiary/aromatic N) is 1. The highest BCUT2D eigenvalue weighted by Gasteiger charge is 2.11. The number of guanidine groups is 1. The topological polar surface area (TPSA) is 91.8 Å². The van der Waals surface area contributed by atoms with Crippen LogP contribution in [0.1, 0.15) is 12.5 Å². The van der Waals surface area contributed by atoms with E-state index in [1.54, 1.807) is 19.2 Å². The number of rotatable bonds is 10. The second-order valence-corrected chi connectivity index (χ2v) is 8.31. The Morgan fingerprint density at radius 3 is 2.45 bits per heavy atom. The summed E-state index contributed by atoms with van der Waals surface area (Å²) in [5.41, 5.74) is 0.900. The van der Waals surface area contributed by atoms with Gasteiger partial charge in [-0.2, -0.15) is 0 Å². The Morgan fingerprint density at radius 2 is 1.79 bits per heavy atom. The summed E-state index contributed by atoms with van der Waals surface area (Å²) in [7, 11) is -1.81. The molecule has 7 nitrogen and oxygen atoms in total. The van der Waals surface area contributed by atoms with Gasteiger partial charge in [0.1, 0.15) is 17.7 Å². The van der Waals surface area contributed by atoms with Gasteiger partial charge in [0.15, 0.2) is 5.96 Å². The number of hydrogen-bond acceptors (Lipinski definition) is 4. The van der Waals surface area contributed by atoms with E-state index in [4.69, 9.17) is 4.74 Å². The second kappa shape index (κ2) is 11.4. The van der Waals surface area contributed by atoms with Gasteiger partial charge in [0.05, 0.1) is 12.3 Å². The highest BCUT2D eigenvalue weighted by molar-refractivity contribution is 7.89. The Morgan fingerprint density at radius 1 is 1.10 bits per heavy atom. The molecule has 3 N–H and O–H groups in total. The molecule has 0 aliphatic rings. The van der Waals surface area contributed by atoms with Crippen LogP contribution >= 0.6 is 0 Å². The van der Waals surface area contributed by atoms with Crippen molar-refractivity contribution >= 4 is 16.0 Å². The first-order chi connectivity index (χ1) is 13.9. The SMILES string of the molecule is CN=C(NCCS(=O)(=O)NCc1ccccc1)NCC(C)Oc1ccc(F)cc1. The van der Waals surface area contributed by atoms with Gasteiger partial charge in [-0.15, -0.1) is 0 Å². The molecular weight excluding hydrogens is 395 g/mol. The molecule has 2 aromatic rings. The number of ether oxygens (including phenoxy) is 1. The van der Waals surface area contributed by atoms with Gasteiger partial charge >= 0.3 is 0 Å². The number of hydrogen-bond donors (Lipinski definition) is 3. The maximum absolute atomic E-state index is 12.9. The zero-order valence-electron chi connectivity index (χ0n) is 16.6. The molecule has 0 aliphatic heterocycles. The molecule has 0 bridgehead atoms. The molecule has 29 heavy (non-hydrogen) atoms. The highest BCUT2D eigenvalue weighted by atomic mass is 32.2. The van der Waals surface area contributed by atoms with Gasteiger partial charge in [-0.05, 0) is 36.8 Å². The van der Waals surface area contributed by atoms with E-state index >= 15 is 0 Å². The monoisotopic (exact) mass is 422 g/mol. The minimum atomic E-state index is -3.41. The summed E-state index contributed by atoms with van der Waals surface area (Å²) < 4.78 is 45.4. The molecule has 0 aliphatic carbocycles.